The molecule has 6 heteroatoms. The molecule has 0 aromatic rings. The summed E-state index contributed by atoms with van der Waals surface area (Å²) in [5.74, 6) is -1.51. The van der Waals surface area contributed by atoms with Gasteiger partial charge in [-0.2, -0.15) is 0 Å². The van der Waals surface area contributed by atoms with Crippen molar-refractivity contribution < 1.29 is 19.5 Å². The number of carbonyl (C=O) groups is 3. The molecule has 0 saturated carbocycles. The van der Waals surface area contributed by atoms with Crippen molar-refractivity contribution in [2.75, 3.05) is 13.6 Å². The van der Waals surface area contributed by atoms with Crippen LogP contribution in [-0.2, 0) is 9.59 Å². The van der Waals surface area contributed by atoms with Crippen molar-refractivity contribution in [1.29, 1.82) is 0 Å². The first-order valence-corrected chi connectivity index (χ1v) is 5.30. The van der Waals surface area contributed by atoms with Gasteiger partial charge in [-0.15, -0.1) is 0 Å². The first-order valence-electron chi connectivity index (χ1n) is 5.30. The standard InChI is InChI=1S/C11H18N2O4/c1-8(2)6-7-13(3)11(17)12-9(14)4-5-10(15)16/h4-5,8H,6-7H2,1-3H3,(H,15,16)(H,12,14,17). The number of carboxylic acid groups (broad SMARTS) is 1. The normalized spacial score (nSPS) is 10.6. The molecular weight excluding hydrogens is 224 g/mol. The Kier molecular flexibility index (Phi) is 6.62. The fourth-order valence-corrected chi connectivity index (χ4v) is 0.943. The van der Waals surface area contributed by atoms with E-state index in [1.807, 2.05) is 13.8 Å². The molecule has 96 valence electrons. The van der Waals surface area contributed by atoms with Crippen LogP contribution < -0.4 is 5.32 Å². The molecule has 0 rings (SSSR count). The molecule has 0 fully saturated rings. The number of amides is 3. The monoisotopic (exact) mass is 242 g/mol. The van der Waals surface area contributed by atoms with E-state index >= 15 is 0 Å². The van der Waals surface area contributed by atoms with Crippen LogP contribution >= 0.6 is 0 Å². The predicted octanol–water partition coefficient (Wildman–Crippen LogP) is 0.841. The zero-order valence-electron chi connectivity index (χ0n) is 10.3. The van der Waals surface area contributed by atoms with Crippen LogP contribution in [0, 0.1) is 5.92 Å². The van der Waals surface area contributed by atoms with Gasteiger partial charge in [0.05, 0.1) is 0 Å². The van der Waals surface area contributed by atoms with Crippen molar-refractivity contribution in [2.24, 2.45) is 5.92 Å². The van der Waals surface area contributed by atoms with Gasteiger partial charge in [0.15, 0.2) is 0 Å². The van der Waals surface area contributed by atoms with Gasteiger partial charge in [0.1, 0.15) is 0 Å². The lowest BCUT2D eigenvalue weighted by atomic mass is 10.1. The number of carboxylic acids is 1. The van der Waals surface area contributed by atoms with Crippen LogP contribution in [0.4, 0.5) is 4.79 Å². The molecular formula is C11H18N2O4. The maximum absolute atomic E-state index is 11.4. The zero-order chi connectivity index (χ0) is 13.4. The lowest BCUT2D eigenvalue weighted by molar-refractivity contribution is -0.131. The number of rotatable bonds is 5. The average Bonchev–Trinajstić information content (AvgIpc) is 2.22. The van der Waals surface area contributed by atoms with E-state index in [0.29, 0.717) is 18.5 Å². The van der Waals surface area contributed by atoms with Gasteiger partial charge < -0.3 is 10.0 Å². The summed E-state index contributed by atoms with van der Waals surface area (Å²) in [5, 5.41) is 10.3. The molecule has 0 atom stereocenters. The molecule has 0 unspecified atom stereocenters. The molecule has 0 aliphatic rings. The second-order valence-electron chi connectivity index (χ2n) is 4.07. The Morgan fingerprint density at radius 1 is 1.29 bits per heavy atom. The van der Waals surface area contributed by atoms with Gasteiger partial charge in [0.25, 0.3) is 5.91 Å². The number of imide groups is 1. The van der Waals surface area contributed by atoms with Crippen molar-refractivity contribution in [1.82, 2.24) is 10.2 Å². The zero-order valence-corrected chi connectivity index (χ0v) is 10.3. The van der Waals surface area contributed by atoms with Crippen molar-refractivity contribution >= 4 is 17.9 Å². The van der Waals surface area contributed by atoms with Crippen LogP contribution in [0.25, 0.3) is 0 Å². The summed E-state index contributed by atoms with van der Waals surface area (Å²) < 4.78 is 0. The number of hydrogen-bond acceptors (Lipinski definition) is 3. The van der Waals surface area contributed by atoms with Gasteiger partial charge in [-0.25, -0.2) is 9.59 Å². The second kappa shape index (κ2) is 7.43. The maximum Gasteiger partial charge on any atom is 0.328 e. The average molecular weight is 242 g/mol. The number of nitrogens with one attached hydrogen (secondary N) is 1. The number of hydrogen-bond donors (Lipinski definition) is 2. The van der Waals surface area contributed by atoms with Crippen molar-refractivity contribution in [3.63, 3.8) is 0 Å². The second-order valence-corrected chi connectivity index (χ2v) is 4.07. The third kappa shape index (κ3) is 8.01. The van der Waals surface area contributed by atoms with Gasteiger partial charge in [0, 0.05) is 25.7 Å². The van der Waals surface area contributed by atoms with E-state index < -0.39 is 17.9 Å². The first-order chi connectivity index (χ1) is 7.82. The molecule has 0 aliphatic carbocycles. The van der Waals surface area contributed by atoms with Crippen LogP contribution in [0.3, 0.4) is 0 Å². The van der Waals surface area contributed by atoms with Crippen LogP contribution in [0.2, 0.25) is 0 Å². The van der Waals surface area contributed by atoms with Gasteiger partial charge in [-0.1, -0.05) is 13.8 Å². The van der Waals surface area contributed by atoms with Crippen LogP contribution in [0.1, 0.15) is 20.3 Å². The largest absolute Gasteiger partial charge is 0.478 e. The summed E-state index contributed by atoms with van der Waals surface area (Å²) in [6, 6.07) is -0.536. The van der Waals surface area contributed by atoms with E-state index in [2.05, 4.69) is 5.32 Å². The fraction of sp³-hybridized carbons (Fsp3) is 0.545. The van der Waals surface area contributed by atoms with E-state index in [4.69, 9.17) is 5.11 Å². The molecule has 0 heterocycles. The molecule has 0 bridgehead atoms. The SMILES string of the molecule is CC(C)CCN(C)C(=O)NC(=O)C=CC(=O)O. The molecule has 0 radical (unpaired) electrons. The third-order valence-corrected chi connectivity index (χ3v) is 2.00. The van der Waals surface area contributed by atoms with Gasteiger partial charge in [0.2, 0.25) is 0 Å². The van der Waals surface area contributed by atoms with Crippen LogP contribution in [-0.4, -0.2) is 41.5 Å². The summed E-state index contributed by atoms with van der Waals surface area (Å²) in [6.45, 7) is 4.61. The Morgan fingerprint density at radius 3 is 2.35 bits per heavy atom. The summed E-state index contributed by atoms with van der Waals surface area (Å²) >= 11 is 0. The fourth-order valence-electron chi connectivity index (χ4n) is 0.943. The summed E-state index contributed by atoms with van der Waals surface area (Å²) in [7, 11) is 1.58. The lowest BCUT2D eigenvalue weighted by Crippen LogP contribution is -2.40. The minimum absolute atomic E-state index is 0.466. The van der Waals surface area contributed by atoms with E-state index in [9.17, 15) is 14.4 Å². The van der Waals surface area contributed by atoms with Crippen molar-refractivity contribution in [2.45, 2.75) is 20.3 Å². The molecule has 6 nitrogen and oxygen atoms in total. The minimum Gasteiger partial charge on any atom is -0.478 e. The van der Waals surface area contributed by atoms with Crippen LogP contribution in [0.5, 0.6) is 0 Å². The predicted molar refractivity (Wildman–Crippen MR) is 62.4 cm³/mol. The van der Waals surface area contributed by atoms with E-state index in [1.54, 1.807) is 7.05 Å². The van der Waals surface area contributed by atoms with Gasteiger partial charge >= 0.3 is 12.0 Å². The minimum atomic E-state index is -1.24. The molecule has 0 aromatic heterocycles. The smallest absolute Gasteiger partial charge is 0.328 e. The Labute approximate surface area is 100 Å². The molecule has 0 aliphatic heterocycles. The van der Waals surface area contributed by atoms with Gasteiger partial charge in [-0.05, 0) is 12.3 Å². The highest BCUT2D eigenvalue weighted by atomic mass is 16.4. The molecule has 0 saturated heterocycles. The first kappa shape index (κ1) is 15.2. The Morgan fingerprint density at radius 2 is 1.88 bits per heavy atom. The van der Waals surface area contributed by atoms with Gasteiger partial charge in [-0.3, -0.25) is 10.1 Å². The van der Waals surface area contributed by atoms with E-state index in [0.717, 1.165) is 12.5 Å². The highest BCUT2D eigenvalue weighted by Gasteiger charge is 2.11. The molecule has 17 heavy (non-hydrogen) atoms. The number of urea groups is 1. The van der Waals surface area contributed by atoms with Crippen molar-refractivity contribution in [3.8, 4) is 0 Å². The Hall–Kier alpha value is -1.85. The highest BCUT2D eigenvalue weighted by molar-refractivity contribution is 6.02. The third-order valence-electron chi connectivity index (χ3n) is 2.00. The molecule has 0 spiro atoms. The number of carbonyl (C=O) groups excluding carboxylic acids is 2. The van der Waals surface area contributed by atoms with Crippen molar-refractivity contribution in [3.05, 3.63) is 12.2 Å². The number of nitrogens with zero attached hydrogens (tertiary/aromatic N) is 1. The molecule has 3 amide bonds. The Bertz CT molecular complexity index is 323. The molecule has 2 N–H and O–H groups in total. The maximum atomic E-state index is 11.4. The quantitative estimate of drug-likeness (QED) is 0.699. The van der Waals surface area contributed by atoms with E-state index in [-0.39, 0.29) is 0 Å². The number of aliphatic carboxylic acids is 1. The summed E-state index contributed by atoms with van der Waals surface area (Å²) in [6.07, 6.45) is 2.32. The van der Waals surface area contributed by atoms with Crippen LogP contribution in [0.15, 0.2) is 12.2 Å². The van der Waals surface area contributed by atoms with E-state index in [1.165, 1.54) is 4.90 Å². The summed E-state index contributed by atoms with van der Waals surface area (Å²) in [5.41, 5.74) is 0. The lowest BCUT2D eigenvalue weighted by Gasteiger charge is -2.17. The topological polar surface area (TPSA) is 86.7 Å². The highest BCUT2D eigenvalue weighted by Crippen LogP contribution is 2.00. The molecule has 0 aromatic carbocycles. The Balaban J connectivity index is 4.07. The summed E-state index contributed by atoms with van der Waals surface area (Å²) in [4.78, 5) is 34.0.